The molecule has 3 heterocycles. The average molecular weight is 282 g/mol. The largest absolute Gasteiger partial charge is 0.454 e. The molecule has 2 aliphatic heterocycles. The molecule has 0 amide bonds. The lowest BCUT2D eigenvalue weighted by atomic mass is 9.98. The molecular weight excluding hydrogens is 272 g/mol. The fourth-order valence-corrected chi connectivity index (χ4v) is 2.50. The van der Waals surface area contributed by atoms with Gasteiger partial charge in [-0.3, -0.25) is 0 Å². The molecule has 2 aliphatic rings. The summed E-state index contributed by atoms with van der Waals surface area (Å²) in [6, 6.07) is 5.57. The number of ether oxygens (including phenoxy) is 3. The summed E-state index contributed by atoms with van der Waals surface area (Å²) < 4.78 is 16.4. The second kappa shape index (κ2) is 3.93. The minimum absolute atomic E-state index is 0.0675. The maximum Gasteiger partial charge on any atom is 0.231 e. The fraction of sp³-hybridized carbons (Fsp3) is 0.143. The number of anilines is 2. The molecular formula is C14H10N4O3. The van der Waals surface area contributed by atoms with E-state index in [1.54, 1.807) is 6.07 Å². The Labute approximate surface area is 119 Å². The van der Waals surface area contributed by atoms with Gasteiger partial charge in [0, 0.05) is 23.6 Å². The van der Waals surface area contributed by atoms with Crippen molar-refractivity contribution in [2.45, 2.75) is 6.42 Å². The topological polar surface area (TPSA) is 116 Å². The van der Waals surface area contributed by atoms with Crippen LogP contribution >= 0.6 is 0 Å². The first-order valence-electron chi connectivity index (χ1n) is 6.25. The number of hydrogen-bond acceptors (Lipinski definition) is 7. The summed E-state index contributed by atoms with van der Waals surface area (Å²) in [5, 5.41) is 9.10. The summed E-state index contributed by atoms with van der Waals surface area (Å²) in [4.78, 5) is 4.12. The second-order valence-corrected chi connectivity index (χ2v) is 4.77. The highest BCUT2D eigenvalue weighted by Gasteiger charge is 2.27. The van der Waals surface area contributed by atoms with Gasteiger partial charge in [0.15, 0.2) is 11.5 Å². The Balaban J connectivity index is 1.87. The van der Waals surface area contributed by atoms with Crippen LogP contribution in [0.3, 0.4) is 0 Å². The second-order valence-electron chi connectivity index (χ2n) is 4.77. The van der Waals surface area contributed by atoms with E-state index >= 15 is 0 Å². The van der Waals surface area contributed by atoms with Crippen molar-refractivity contribution in [3.8, 4) is 29.2 Å². The average Bonchev–Trinajstić information content (AvgIpc) is 2.91. The highest BCUT2D eigenvalue weighted by atomic mass is 16.7. The van der Waals surface area contributed by atoms with E-state index in [-0.39, 0.29) is 18.2 Å². The third-order valence-electron chi connectivity index (χ3n) is 3.57. The Morgan fingerprint density at radius 1 is 1.14 bits per heavy atom. The molecule has 0 spiro atoms. The maximum atomic E-state index is 9.10. The Morgan fingerprint density at radius 2 is 1.90 bits per heavy atom. The van der Waals surface area contributed by atoms with E-state index in [0.29, 0.717) is 40.8 Å². The van der Waals surface area contributed by atoms with E-state index < -0.39 is 0 Å². The minimum atomic E-state index is 0.0675. The van der Waals surface area contributed by atoms with Crippen LogP contribution < -0.4 is 25.7 Å². The van der Waals surface area contributed by atoms with Gasteiger partial charge in [0.2, 0.25) is 12.7 Å². The standard InChI is InChI=1S/C14H10N4O3/c15-4-8-12(16)7-1-6-2-10-11(20-5-19-10)3-9(6)21-14(7)18-13(8)17/h2-3H,1,5H2,(H4,16,17,18). The third kappa shape index (κ3) is 1.56. The number of rotatable bonds is 0. The van der Waals surface area contributed by atoms with E-state index in [9.17, 15) is 0 Å². The summed E-state index contributed by atoms with van der Waals surface area (Å²) in [5.41, 5.74) is 13.8. The normalized spacial score (nSPS) is 13.9. The number of aromatic nitrogens is 1. The first-order chi connectivity index (χ1) is 10.2. The van der Waals surface area contributed by atoms with Gasteiger partial charge >= 0.3 is 0 Å². The fourth-order valence-electron chi connectivity index (χ4n) is 2.50. The molecule has 1 aromatic carbocycles. The number of nitriles is 1. The predicted octanol–water partition coefficient (Wildman–Crippen LogP) is 1.54. The van der Waals surface area contributed by atoms with Crippen molar-refractivity contribution in [1.29, 1.82) is 5.26 Å². The van der Waals surface area contributed by atoms with Gasteiger partial charge < -0.3 is 25.7 Å². The van der Waals surface area contributed by atoms with E-state index in [1.165, 1.54) is 0 Å². The number of nitrogens with two attached hydrogens (primary N) is 2. The van der Waals surface area contributed by atoms with Crippen LogP contribution in [0.15, 0.2) is 12.1 Å². The van der Waals surface area contributed by atoms with Gasteiger partial charge in [-0.2, -0.15) is 10.2 Å². The van der Waals surface area contributed by atoms with Gasteiger partial charge in [-0.15, -0.1) is 0 Å². The van der Waals surface area contributed by atoms with Gasteiger partial charge in [0.25, 0.3) is 0 Å². The van der Waals surface area contributed by atoms with E-state index in [4.69, 9.17) is 30.9 Å². The lowest BCUT2D eigenvalue weighted by Gasteiger charge is -2.21. The summed E-state index contributed by atoms with van der Waals surface area (Å²) in [7, 11) is 0. The van der Waals surface area contributed by atoms with E-state index in [2.05, 4.69) is 4.98 Å². The molecule has 0 atom stereocenters. The minimum Gasteiger partial charge on any atom is -0.454 e. The first kappa shape index (κ1) is 11.7. The Kier molecular flexibility index (Phi) is 2.18. The molecule has 104 valence electrons. The summed E-state index contributed by atoms with van der Waals surface area (Å²) >= 11 is 0. The molecule has 0 bridgehead atoms. The van der Waals surface area contributed by atoms with Gasteiger partial charge in [0.05, 0.1) is 5.69 Å². The van der Waals surface area contributed by atoms with Gasteiger partial charge in [0.1, 0.15) is 23.2 Å². The SMILES string of the molecule is N#Cc1c(N)nc2c(c1N)Cc1cc3c(cc1O2)OCO3. The lowest BCUT2D eigenvalue weighted by Crippen LogP contribution is -2.11. The van der Waals surface area contributed by atoms with Crippen LogP contribution in [0.4, 0.5) is 11.5 Å². The molecule has 0 fully saturated rings. The summed E-state index contributed by atoms with van der Waals surface area (Å²) in [6.07, 6.45) is 0.495. The lowest BCUT2D eigenvalue weighted by molar-refractivity contribution is 0.174. The van der Waals surface area contributed by atoms with Crippen molar-refractivity contribution in [3.63, 3.8) is 0 Å². The number of pyridine rings is 1. The smallest absolute Gasteiger partial charge is 0.231 e. The molecule has 0 saturated carbocycles. The van der Waals surface area contributed by atoms with Gasteiger partial charge in [-0.05, 0) is 6.07 Å². The van der Waals surface area contributed by atoms with Crippen LogP contribution in [-0.4, -0.2) is 11.8 Å². The zero-order valence-corrected chi connectivity index (χ0v) is 10.8. The molecule has 1 aromatic heterocycles. The van der Waals surface area contributed by atoms with Crippen molar-refractivity contribution >= 4 is 11.5 Å². The zero-order chi connectivity index (χ0) is 14.6. The highest BCUT2D eigenvalue weighted by molar-refractivity contribution is 5.72. The molecule has 4 N–H and O–H groups in total. The molecule has 2 aromatic rings. The molecule has 0 radical (unpaired) electrons. The number of nitrogens with zero attached hydrogens (tertiary/aromatic N) is 2. The number of nitrogen functional groups attached to an aromatic ring is 2. The van der Waals surface area contributed by atoms with E-state index in [0.717, 1.165) is 5.56 Å². The predicted molar refractivity (Wildman–Crippen MR) is 73.2 cm³/mol. The summed E-state index contributed by atoms with van der Waals surface area (Å²) in [5.74, 6) is 2.33. The highest BCUT2D eigenvalue weighted by Crippen LogP contribution is 2.45. The van der Waals surface area contributed by atoms with Crippen LogP contribution in [0.5, 0.6) is 23.1 Å². The molecule has 7 nitrogen and oxygen atoms in total. The van der Waals surface area contributed by atoms with Crippen LogP contribution in [0.1, 0.15) is 16.7 Å². The van der Waals surface area contributed by atoms with Crippen LogP contribution in [0, 0.1) is 11.3 Å². The Morgan fingerprint density at radius 3 is 2.67 bits per heavy atom. The van der Waals surface area contributed by atoms with Gasteiger partial charge in [-0.1, -0.05) is 0 Å². The number of hydrogen-bond donors (Lipinski definition) is 2. The van der Waals surface area contributed by atoms with Crippen molar-refractivity contribution in [2.24, 2.45) is 0 Å². The van der Waals surface area contributed by atoms with Gasteiger partial charge in [-0.25, -0.2) is 0 Å². The molecule has 0 saturated heterocycles. The van der Waals surface area contributed by atoms with Crippen LogP contribution in [0.2, 0.25) is 0 Å². The quantitative estimate of drug-likeness (QED) is 0.642. The molecule has 0 aliphatic carbocycles. The van der Waals surface area contributed by atoms with Crippen molar-refractivity contribution in [1.82, 2.24) is 4.98 Å². The molecule has 4 rings (SSSR count). The zero-order valence-electron chi connectivity index (χ0n) is 10.8. The molecule has 21 heavy (non-hydrogen) atoms. The van der Waals surface area contributed by atoms with E-state index in [1.807, 2.05) is 12.1 Å². The number of fused-ring (bicyclic) bond motifs is 3. The summed E-state index contributed by atoms with van der Waals surface area (Å²) in [6.45, 7) is 0.192. The van der Waals surface area contributed by atoms with Crippen molar-refractivity contribution in [3.05, 3.63) is 28.8 Å². The number of benzene rings is 1. The monoisotopic (exact) mass is 282 g/mol. The van der Waals surface area contributed by atoms with Crippen molar-refractivity contribution in [2.75, 3.05) is 18.3 Å². The molecule has 7 heteroatoms. The first-order valence-corrected chi connectivity index (χ1v) is 6.25. The molecule has 0 unspecified atom stereocenters. The van der Waals surface area contributed by atoms with Crippen LogP contribution in [-0.2, 0) is 6.42 Å². The van der Waals surface area contributed by atoms with Crippen LogP contribution in [0.25, 0.3) is 0 Å². The maximum absolute atomic E-state index is 9.10. The third-order valence-corrected chi connectivity index (χ3v) is 3.57. The Hall–Kier alpha value is -3.14. The Bertz CT molecular complexity index is 826. The van der Waals surface area contributed by atoms with Crippen molar-refractivity contribution < 1.29 is 14.2 Å².